The molecule has 4 heteroatoms. The second-order valence-corrected chi connectivity index (χ2v) is 6.76. The fourth-order valence-electron chi connectivity index (χ4n) is 7.11. The standard InChI is InChI=1S/C13H15NO3/c15-14-12-8-4-3-5-7-6(4)9(12)11(7)13(10(5)8)16-1-2-17-13/h4-11,15H,1-3H2/b14-12+/t4-,5+,6-,7+,8-,9+,10+,11+/m0/s1. The molecule has 0 unspecified atom stereocenters. The van der Waals surface area contributed by atoms with Crippen molar-refractivity contribution in [1.29, 1.82) is 0 Å². The molecule has 1 N–H and O–H groups in total. The Balaban J connectivity index is 1.64. The van der Waals surface area contributed by atoms with Crippen LogP contribution < -0.4 is 0 Å². The second-order valence-electron chi connectivity index (χ2n) is 6.76. The van der Waals surface area contributed by atoms with Gasteiger partial charge in [-0.3, -0.25) is 0 Å². The Kier molecular flexibility index (Phi) is 1.08. The lowest BCUT2D eigenvalue weighted by atomic mass is 9.58. The molecule has 1 heterocycles. The molecule has 6 rings (SSSR count). The van der Waals surface area contributed by atoms with Gasteiger partial charge in [0.05, 0.1) is 18.9 Å². The molecule has 6 aliphatic rings. The maximum Gasteiger partial charge on any atom is 0.175 e. The number of ether oxygens (including phenoxy) is 2. The highest BCUT2D eigenvalue weighted by molar-refractivity contribution is 5.96. The molecule has 0 radical (unpaired) electrons. The Bertz CT molecular complexity index is 469. The minimum Gasteiger partial charge on any atom is -0.411 e. The highest BCUT2D eigenvalue weighted by atomic mass is 16.7. The number of fused-ring (bicyclic) bond motifs is 4. The number of nitrogens with zero attached hydrogens (tertiary/aromatic N) is 1. The van der Waals surface area contributed by atoms with Crippen LogP contribution in [0.2, 0.25) is 0 Å². The van der Waals surface area contributed by atoms with Crippen LogP contribution in [0, 0.1) is 47.3 Å². The van der Waals surface area contributed by atoms with Crippen molar-refractivity contribution in [2.24, 2.45) is 52.5 Å². The molecule has 6 fully saturated rings. The molecule has 0 aromatic rings. The molecular weight excluding hydrogens is 218 g/mol. The topological polar surface area (TPSA) is 51.1 Å². The van der Waals surface area contributed by atoms with Gasteiger partial charge < -0.3 is 14.7 Å². The van der Waals surface area contributed by atoms with Crippen LogP contribution in [0.1, 0.15) is 6.42 Å². The zero-order valence-electron chi connectivity index (χ0n) is 9.45. The summed E-state index contributed by atoms with van der Waals surface area (Å²) in [6, 6.07) is 0. The average Bonchev–Trinajstić information content (AvgIpc) is 2.95. The SMILES string of the molecule is O/N=C1/[C@@H]2[C@H]3[C@@H]4C[C@@H]5[C@H]3[C@H]2C2(OCCO2)[C@H]5[C@@H]14. The zero-order valence-corrected chi connectivity index (χ0v) is 9.45. The van der Waals surface area contributed by atoms with Crippen molar-refractivity contribution in [1.82, 2.24) is 0 Å². The predicted molar refractivity (Wildman–Crippen MR) is 56.4 cm³/mol. The Labute approximate surface area is 99.0 Å². The molecule has 0 aromatic carbocycles. The molecule has 1 saturated heterocycles. The summed E-state index contributed by atoms with van der Waals surface area (Å²) in [4.78, 5) is 0. The Morgan fingerprint density at radius 1 is 1.06 bits per heavy atom. The van der Waals surface area contributed by atoms with Gasteiger partial charge in [0.25, 0.3) is 0 Å². The lowest BCUT2D eigenvalue weighted by Gasteiger charge is -2.50. The van der Waals surface area contributed by atoms with Gasteiger partial charge in [-0.05, 0) is 30.1 Å². The Morgan fingerprint density at radius 2 is 1.88 bits per heavy atom. The van der Waals surface area contributed by atoms with E-state index in [1.165, 1.54) is 6.42 Å². The second kappa shape index (κ2) is 2.16. The first-order valence-corrected chi connectivity index (χ1v) is 6.88. The number of hydrogen-bond donors (Lipinski definition) is 1. The normalized spacial score (nSPS) is 68.8. The minimum absolute atomic E-state index is 0.263. The van der Waals surface area contributed by atoms with E-state index in [0.717, 1.165) is 42.6 Å². The fraction of sp³-hybridized carbons (Fsp3) is 0.923. The van der Waals surface area contributed by atoms with E-state index in [4.69, 9.17) is 9.47 Å². The third-order valence-electron chi connectivity index (χ3n) is 6.97. The van der Waals surface area contributed by atoms with Crippen molar-refractivity contribution >= 4 is 5.71 Å². The molecular formula is C13H15NO3. The monoisotopic (exact) mass is 233 g/mol. The Hall–Kier alpha value is -0.610. The van der Waals surface area contributed by atoms with Gasteiger partial charge >= 0.3 is 0 Å². The third-order valence-corrected chi connectivity index (χ3v) is 6.97. The summed E-state index contributed by atoms with van der Waals surface area (Å²) in [5.41, 5.74) is 1.11. The molecule has 4 nitrogen and oxygen atoms in total. The van der Waals surface area contributed by atoms with Gasteiger partial charge in [0.1, 0.15) is 0 Å². The molecule has 0 amide bonds. The predicted octanol–water partition coefficient (Wildman–Crippen LogP) is 0.947. The Morgan fingerprint density at radius 3 is 2.65 bits per heavy atom. The summed E-state index contributed by atoms with van der Waals surface area (Å²) < 4.78 is 12.2. The summed E-state index contributed by atoms with van der Waals surface area (Å²) in [6.45, 7) is 1.51. The van der Waals surface area contributed by atoms with Gasteiger partial charge in [-0.15, -0.1) is 0 Å². The van der Waals surface area contributed by atoms with E-state index in [-0.39, 0.29) is 5.79 Å². The fourth-order valence-corrected chi connectivity index (χ4v) is 7.11. The number of rotatable bonds is 0. The van der Waals surface area contributed by atoms with E-state index in [2.05, 4.69) is 5.16 Å². The van der Waals surface area contributed by atoms with E-state index >= 15 is 0 Å². The third kappa shape index (κ3) is 0.557. The summed E-state index contributed by atoms with van der Waals surface area (Å²) in [6.07, 6.45) is 1.34. The van der Waals surface area contributed by atoms with Gasteiger partial charge in [0.2, 0.25) is 0 Å². The largest absolute Gasteiger partial charge is 0.411 e. The summed E-state index contributed by atoms with van der Waals surface area (Å²) in [5.74, 6) is 4.94. The lowest BCUT2D eigenvalue weighted by molar-refractivity contribution is -0.241. The van der Waals surface area contributed by atoms with Crippen LogP contribution >= 0.6 is 0 Å². The molecule has 1 aliphatic heterocycles. The first-order chi connectivity index (χ1) is 8.38. The van der Waals surface area contributed by atoms with Crippen LogP contribution in [0.5, 0.6) is 0 Å². The molecule has 8 atom stereocenters. The number of hydrogen-bond acceptors (Lipinski definition) is 4. The van der Waals surface area contributed by atoms with Crippen molar-refractivity contribution in [3.05, 3.63) is 0 Å². The summed E-state index contributed by atoms with van der Waals surface area (Å²) in [5, 5.41) is 13.0. The van der Waals surface area contributed by atoms with Gasteiger partial charge in [-0.1, -0.05) is 5.16 Å². The molecule has 2 bridgehead atoms. The number of oxime groups is 1. The van der Waals surface area contributed by atoms with E-state index in [0.29, 0.717) is 23.7 Å². The maximum absolute atomic E-state index is 9.32. The van der Waals surface area contributed by atoms with E-state index in [9.17, 15) is 5.21 Å². The smallest absolute Gasteiger partial charge is 0.175 e. The van der Waals surface area contributed by atoms with E-state index in [1.54, 1.807) is 0 Å². The maximum atomic E-state index is 9.32. The van der Waals surface area contributed by atoms with E-state index in [1.807, 2.05) is 0 Å². The zero-order chi connectivity index (χ0) is 10.9. The van der Waals surface area contributed by atoms with E-state index < -0.39 is 0 Å². The summed E-state index contributed by atoms with van der Waals surface area (Å²) >= 11 is 0. The van der Waals surface area contributed by atoms with Crippen LogP contribution in [0.3, 0.4) is 0 Å². The minimum atomic E-state index is -0.263. The van der Waals surface area contributed by atoms with Gasteiger partial charge in [0.15, 0.2) is 5.79 Å². The lowest BCUT2D eigenvalue weighted by Crippen LogP contribution is -2.58. The molecule has 0 aromatic heterocycles. The van der Waals surface area contributed by atoms with Gasteiger partial charge in [-0.25, -0.2) is 0 Å². The first-order valence-electron chi connectivity index (χ1n) is 6.88. The van der Waals surface area contributed by atoms with Crippen LogP contribution in [0.15, 0.2) is 5.16 Å². The van der Waals surface area contributed by atoms with Gasteiger partial charge in [0, 0.05) is 23.7 Å². The first kappa shape index (κ1) is 8.48. The highest BCUT2D eigenvalue weighted by Gasteiger charge is 2.88. The highest BCUT2D eigenvalue weighted by Crippen LogP contribution is 2.85. The van der Waals surface area contributed by atoms with Crippen LogP contribution in [-0.4, -0.2) is 29.9 Å². The van der Waals surface area contributed by atoms with Crippen molar-refractivity contribution in [3.8, 4) is 0 Å². The van der Waals surface area contributed by atoms with Crippen molar-refractivity contribution in [2.75, 3.05) is 13.2 Å². The summed E-state index contributed by atoms with van der Waals surface area (Å²) in [7, 11) is 0. The van der Waals surface area contributed by atoms with Crippen LogP contribution in [0.25, 0.3) is 0 Å². The van der Waals surface area contributed by atoms with Crippen molar-refractivity contribution in [2.45, 2.75) is 12.2 Å². The van der Waals surface area contributed by atoms with Crippen molar-refractivity contribution < 1.29 is 14.7 Å². The van der Waals surface area contributed by atoms with Crippen LogP contribution in [-0.2, 0) is 9.47 Å². The van der Waals surface area contributed by atoms with Crippen LogP contribution in [0.4, 0.5) is 0 Å². The average molecular weight is 233 g/mol. The molecule has 5 saturated carbocycles. The molecule has 17 heavy (non-hydrogen) atoms. The van der Waals surface area contributed by atoms with Gasteiger partial charge in [-0.2, -0.15) is 0 Å². The van der Waals surface area contributed by atoms with Crippen molar-refractivity contribution in [3.63, 3.8) is 0 Å². The quantitative estimate of drug-likeness (QED) is 0.500. The molecule has 5 aliphatic carbocycles. The molecule has 1 spiro atoms. The molecule has 90 valence electrons.